The summed E-state index contributed by atoms with van der Waals surface area (Å²) in [5.74, 6) is 0.873. The number of nitrogens with zero attached hydrogens (tertiary/aromatic N) is 1. The van der Waals surface area contributed by atoms with E-state index in [-0.39, 0.29) is 0 Å². The molecule has 0 fully saturated rings. The average molecular weight is 306 g/mol. The second kappa shape index (κ2) is 5.40. The summed E-state index contributed by atoms with van der Waals surface area (Å²) in [6, 6.07) is 7.98. The minimum absolute atomic E-state index is 0.727. The molecule has 94 valence electrons. The van der Waals surface area contributed by atoms with E-state index in [1.165, 1.54) is 5.56 Å². The van der Waals surface area contributed by atoms with Crippen LogP contribution >= 0.6 is 15.9 Å². The maximum atomic E-state index is 5.88. The van der Waals surface area contributed by atoms with E-state index in [9.17, 15) is 0 Å². The molecule has 0 aliphatic carbocycles. The number of benzene rings is 1. The lowest BCUT2D eigenvalue weighted by Gasteiger charge is -2.10. The Labute approximate surface area is 116 Å². The summed E-state index contributed by atoms with van der Waals surface area (Å²) in [6.45, 7) is 4.81. The zero-order chi connectivity index (χ0) is 13.1. The quantitative estimate of drug-likeness (QED) is 0.851. The summed E-state index contributed by atoms with van der Waals surface area (Å²) in [4.78, 5) is 4.32. The first-order valence-electron chi connectivity index (χ1n) is 5.78. The van der Waals surface area contributed by atoms with E-state index in [1.54, 1.807) is 0 Å². The Bertz CT molecular complexity index is 567. The third kappa shape index (κ3) is 2.82. The number of halogens is 1. The Morgan fingerprint density at radius 3 is 2.83 bits per heavy atom. The van der Waals surface area contributed by atoms with Crippen molar-refractivity contribution in [1.29, 1.82) is 0 Å². The number of pyridine rings is 1. The molecule has 0 unspecified atom stereocenters. The topological polar surface area (TPSA) is 50.9 Å². The summed E-state index contributed by atoms with van der Waals surface area (Å²) < 4.78 is 1.02. The minimum atomic E-state index is 0.727. The normalized spacial score (nSPS) is 10.4. The summed E-state index contributed by atoms with van der Waals surface area (Å²) in [7, 11) is 0. The zero-order valence-corrected chi connectivity index (χ0v) is 12.1. The minimum Gasteiger partial charge on any atom is -0.399 e. The molecule has 18 heavy (non-hydrogen) atoms. The Morgan fingerprint density at radius 2 is 2.11 bits per heavy atom. The van der Waals surface area contributed by atoms with Crippen molar-refractivity contribution < 1.29 is 0 Å². The van der Waals surface area contributed by atoms with Crippen molar-refractivity contribution in [3.8, 4) is 0 Å². The van der Waals surface area contributed by atoms with E-state index < -0.39 is 0 Å². The highest BCUT2D eigenvalue weighted by atomic mass is 79.9. The summed E-state index contributed by atoms with van der Waals surface area (Å²) in [5, 5.41) is 3.31. The standard InChI is InChI=1S/C14H16BrN3/c1-9-6-14(18-8-12(9)15)17-7-11-4-3-5-13(16)10(11)2/h3-6,8H,7,16H2,1-2H3,(H,17,18). The van der Waals surface area contributed by atoms with E-state index >= 15 is 0 Å². The van der Waals surface area contributed by atoms with Gasteiger partial charge in [0.2, 0.25) is 0 Å². The van der Waals surface area contributed by atoms with Gasteiger partial charge in [-0.25, -0.2) is 4.98 Å². The van der Waals surface area contributed by atoms with Crippen molar-refractivity contribution >= 4 is 27.4 Å². The van der Waals surface area contributed by atoms with E-state index in [0.29, 0.717) is 0 Å². The van der Waals surface area contributed by atoms with Crippen LogP contribution < -0.4 is 11.1 Å². The third-order valence-corrected chi connectivity index (χ3v) is 3.82. The van der Waals surface area contributed by atoms with Crippen molar-refractivity contribution in [3.63, 3.8) is 0 Å². The van der Waals surface area contributed by atoms with E-state index in [1.807, 2.05) is 38.2 Å². The van der Waals surface area contributed by atoms with Crippen molar-refractivity contribution in [1.82, 2.24) is 4.98 Å². The smallest absolute Gasteiger partial charge is 0.126 e. The first-order chi connectivity index (χ1) is 8.58. The molecule has 2 rings (SSSR count). The van der Waals surface area contributed by atoms with Gasteiger partial charge in [0.25, 0.3) is 0 Å². The summed E-state index contributed by atoms with van der Waals surface area (Å²) >= 11 is 3.44. The molecule has 3 N–H and O–H groups in total. The molecule has 0 aliphatic rings. The van der Waals surface area contributed by atoms with Crippen LogP contribution in [0.1, 0.15) is 16.7 Å². The van der Waals surface area contributed by atoms with Gasteiger partial charge in [-0.3, -0.25) is 0 Å². The molecule has 1 heterocycles. The molecular weight excluding hydrogens is 290 g/mol. The summed E-state index contributed by atoms with van der Waals surface area (Å²) in [6.07, 6.45) is 1.81. The molecular formula is C14H16BrN3. The van der Waals surface area contributed by atoms with Crippen molar-refractivity contribution in [2.75, 3.05) is 11.1 Å². The highest BCUT2D eigenvalue weighted by molar-refractivity contribution is 9.10. The fraction of sp³-hybridized carbons (Fsp3) is 0.214. The first-order valence-corrected chi connectivity index (χ1v) is 6.57. The van der Waals surface area contributed by atoms with E-state index in [4.69, 9.17) is 5.73 Å². The van der Waals surface area contributed by atoms with Gasteiger partial charge in [0.1, 0.15) is 5.82 Å². The maximum Gasteiger partial charge on any atom is 0.126 e. The fourth-order valence-electron chi connectivity index (χ4n) is 1.72. The van der Waals surface area contributed by atoms with Crippen LogP contribution in [-0.2, 0) is 6.54 Å². The summed E-state index contributed by atoms with van der Waals surface area (Å²) in [5.41, 5.74) is 10.2. The third-order valence-electron chi connectivity index (χ3n) is 2.99. The number of nitrogen functional groups attached to an aromatic ring is 1. The molecule has 0 amide bonds. The maximum absolute atomic E-state index is 5.88. The Hall–Kier alpha value is -1.55. The highest BCUT2D eigenvalue weighted by Gasteiger charge is 2.02. The molecule has 0 saturated heterocycles. The molecule has 1 aromatic heterocycles. The SMILES string of the molecule is Cc1cc(NCc2cccc(N)c2C)ncc1Br. The van der Waals surface area contributed by atoms with Crippen LogP contribution in [0.5, 0.6) is 0 Å². The molecule has 0 radical (unpaired) electrons. The van der Waals surface area contributed by atoms with Crippen LogP contribution in [0.2, 0.25) is 0 Å². The Balaban J connectivity index is 2.11. The van der Waals surface area contributed by atoms with Crippen LogP contribution in [0.3, 0.4) is 0 Å². The molecule has 4 heteroatoms. The van der Waals surface area contributed by atoms with Crippen LogP contribution in [0.15, 0.2) is 34.9 Å². The number of hydrogen-bond acceptors (Lipinski definition) is 3. The fourth-order valence-corrected chi connectivity index (χ4v) is 1.93. The number of rotatable bonds is 3. The first kappa shape index (κ1) is 12.9. The number of anilines is 2. The lowest BCUT2D eigenvalue weighted by molar-refractivity contribution is 1.08. The molecule has 0 spiro atoms. The van der Waals surface area contributed by atoms with Gasteiger partial charge in [0.15, 0.2) is 0 Å². The van der Waals surface area contributed by atoms with Crippen LogP contribution in [0.25, 0.3) is 0 Å². The van der Waals surface area contributed by atoms with Gasteiger partial charge in [-0.2, -0.15) is 0 Å². The molecule has 3 nitrogen and oxygen atoms in total. The highest BCUT2D eigenvalue weighted by Crippen LogP contribution is 2.19. The molecule has 2 aromatic rings. The lowest BCUT2D eigenvalue weighted by atomic mass is 10.1. The van der Waals surface area contributed by atoms with Gasteiger partial charge in [-0.05, 0) is 58.6 Å². The number of aromatic nitrogens is 1. The molecule has 1 aromatic carbocycles. The van der Waals surface area contributed by atoms with Gasteiger partial charge in [0, 0.05) is 22.9 Å². The lowest BCUT2D eigenvalue weighted by Crippen LogP contribution is -2.04. The van der Waals surface area contributed by atoms with Gasteiger partial charge in [-0.1, -0.05) is 12.1 Å². The molecule has 0 bridgehead atoms. The van der Waals surface area contributed by atoms with Gasteiger partial charge in [0.05, 0.1) is 0 Å². The van der Waals surface area contributed by atoms with Gasteiger partial charge >= 0.3 is 0 Å². The van der Waals surface area contributed by atoms with Crippen molar-refractivity contribution in [2.24, 2.45) is 0 Å². The number of aryl methyl sites for hydroxylation is 1. The number of nitrogens with one attached hydrogen (secondary N) is 1. The van der Waals surface area contributed by atoms with Crippen molar-refractivity contribution in [3.05, 3.63) is 51.6 Å². The van der Waals surface area contributed by atoms with E-state index in [2.05, 4.69) is 32.3 Å². The largest absolute Gasteiger partial charge is 0.399 e. The van der Waals surface area contributed by atoms with Crippen molar-refractivity contribution in [2.45, 2.75) is 20.4 Å². The molecule has 0 saturated carbocycles. The van der Waals surface area contributed by atoms with Crippen LogP contribution in [0.4, 0.5) is 11.5 Å². The monoisotopic (exact) mass is 305 g/mol. The predicted octanol–water partition coefficient (Wildman–Crippen LogP) is 3.66. The second-order valence-corrected chi connectivity index (χ2v) is 5.16. The zero-order valence-electron chi connectivity index (χ0n) is 10.5. The Kier molecular flexibility index (Phi) is 3.87. The number of hydrogen-bond donors (Lipinski definition) is 2. The van der Waals surface area contributed by atoms with E-state index in [0.717, 1.165) is 33.6 Å². The Morgan fingerprint density at radius 1 is 1.33 bits per heavy atom. The van der Waals surface area contributed by atoms with Gasteiger partial charge < -0.3 is 11.1 Å². The van der Waals surface area contributed by atoms with Crippen LogP contribution in [-0.4, -0.2) is 4.98 Å². The van der Waals surface area contributed by atoms with Gasteiger partial charge in [-0.15, -0.1) is 0 Å². The number of nitrogens with two attached hydrogens (primary N) is 1. The van der Waals surface area contributed by atoms with Crippen LogP contribution in [0, 0.1) is 13.8 Å². The predicted molar refractivity (Wildman–Crippen MR) is 79.6 cm³/mol. The molecule has 0 aliphatic heterocycles. The average Bonchev–Trinajstić information content (AvgIpc) is 2.35. The second-order valence-electron chi connectivity index (χ2n) is 4.30. The molecule has 0 atom stereocenters.